The van der Waals surface area contributed by atoms with Gasteiger partial charge in [-0.15, -0.1) is 0 Å². The normalized spacial score (nSPS) is 18.4. The molecule has 5 rings (SSSR count). The molecule has 0 N–H and O–H groups in total. The molecule has 0 radical (unpaired) electrons. The van der Waals surface area contributed by atoms with E-state index < -0.39 is 0 Å². The predicted molar refractivity (Wildman–Crippen MR) is 114 cm³/mol. The number of hydrogen-bond acceptors (Lipinski definition) is 1. The summed E-state index contributed by atoms with van der Waals surface area (Å²) in [7, 11) is 0. The van der Waals surface area contributed by atoms with Gasteiger partial charge in [-0.2, -0.15) is 0 Å². The van der Waals surface area contributed by atoms with Crippen molar-refractivity contribution >= 4 is 23.1 Å². The number of aliphatic imine (C=N–C) groups is 1. The van der Waals surface area contributed by atoms with Gasteiger partial charge in [-0.1, -0.05) is 84.9 Å². The first-order chi connectivity index (χ1) is 13.4. The van der Waals surface area contributed by atoms with E-state index in [1.807, 2.05) is 0 Å². The lowest BCUT2D eigenvalue weighted by atomic mass is 9.79. The van der Waals surface area contributed by atoms with Gasteiger partial charge < -0.3 is 0 Å². The Morgan fingerprint density at radius 3 is 2.15 bits per heavy atom. The number of nitrogens with zero attached hydrogens (tertiary/aromatic N) is 1. The SMILES string of the molecule is C1=NC(c2ccccc2)=C(c2ccccc2)C=C2c3ccccc3CC[C@H]12. The molecule has 0 saturated heterocycles. The largest absolute Gasteiger partial charge is 0.259 e. The lowest BCUT2D eigenvalue weighted by Gasteiger charge is -2.25. The van der Waals surface area contributed by atoms with Crippen LogP contribution < -0.4 is 0 Å². The molecule has 1 nitrogen and oxygen atoms in total. The van der Waals surface area contributed by atoms with Crippen molar-refractivity contribution in [3.63, 3.8) is 0 Å². The molecule has 2 aliphatic rings. The monoisotopic (exact) mass is 347 g/mol. The third-order valence-corrected chi connectivity index (χ3v) is 5.52. The summed E-state index contributed by atoms with van der Waals surface area (Å²) >= 11 is 0. The fourth-order valence-corrected chi connectivity index (χ4v) is 4.15. The molecule has 0 aromatic heterocycles. The lowest BCUT2D eigenvalue weighted by Crippen LogP contribution is -2.14. The number of fused-ring (bicyclic) bond motifs is 3. The number of benzene rings is 3. The third-order valence-electron chi connectivity index (χ3n) is 5.52. The van der Waals surface area contributed by atoms with Crippen LogP contribution in [-0.2, 0) is 6.42 Å². The summed E-state index contributed by atoms with van der Waals surface area (Å²) < 4.78 is 0. The standard InChI is InChI=1S/C26H21N/c1-3-9-19(10-4-1)25-17-24-22(16-15-20-11-7-8-14-23(20)24)18-27-26(25)21-12-5-2-6-13-21/h1-14,17-18,22H,15-16H2/t22-/m1/s1. The fourth-order valence-electron chi connectivity index (χ4n) is 4.15. The Bertz CT molecular complexity index is 1060. The van der Waals surface area contributed by atoms with Crippen molar-refractivity contribution in [2.45, 2.75) is 12.8 Å². The minimum atomic E-state index is 0.375. The van der Waals surface area contributed by atoms with Crippen LogP contribution in [0, 0.1) is 5.92 Å². The van der Waals surface area contributed by atoms with Crippen LogP contribution in [-0.4, -0.2) is 6.21 Å². The van der Waals surface area contributed by atoms with Gasteiger partial charge in [0.2, 0.25) is 0 Å². The molecule has 1 atom stereocenters. The maximum Gasteiger partial charge on any atom is 0.0776 e. The van der Waals surface area contributed by atoms with E-state index in [-0.39, 0.29) is 0 Å². The number of hydrogen-bond donors (Lipinski definition) is 0. The second kappa shape index (κ2) is 6.85. The summed E-state index contributed by atoms with van der Waals surface area (Å²) in [6.45, 7) is 0. The summed E-state index contributed by atoms with van der Waals surface area (Å²) in [4.78, 5) is 5.01. The van der Waals surface area contributed by atoms with E-state index >= 15 is 0 Å². The van der Waals surface area contributed by atoms with Crippen LogP contribution in [0.25, 0.3) is 16.8 Å². The van der Waals surface area contributed by atoms with Gasteiger partial charge in [0.15, 0.2) is 0 Å². The van der Waals surface area contributed by atoms with E-state index in [0.717, 1.165) is 24.1 Å². The van der Waals surface area contributed by atoms with Crippen LogP contribution in [0.1, 0.15) is 28.7 Å². The van der Waals surface area contributed by atoms with E-state index in [2.05, 4.69) is 97.2 Å². The Labute approximate surface area is 160 Å². The van der Waals surface area contributed by atoms with Crippen molar-refractivity contribution in [3.8, 4) is 0 Å². The zero-order valence-corrected chi connectivity index (χ0v) is 15.2. The minimum absolute atomic E-state index is 0.375. The Morgan fingerprint density at radius 2 is 1.37 bits per heavy atom. The maximum atomic E-state index is 5.01. The highest BCUT2D eigenvalue weighted by atomic mass is 14.7. The van der Waals surface area contributed by atoms with Gasteiger partial charge in [-0.3, -0.25) is 4.99 Å². The Morgan fingerprint density at radius 1 is 0.704 bits per heavy atom. The van der Waals surface area contributed by atoms with E-state index in [1.165, 1.54) is 27.8 Å². The van der Waals surface area contributed by atoms with Gasteiger partial charge in [-0.05, 0) is 41.2 Å². The van der Waals surface area contributed by atoms with Gasteiger partial charge in [-0.25, -0.2) is 0 Å². The zero-order valence-electron chi connectivity index (χ0n) is 15.2. The molecule has 1 aliphatic heterocycles. The van der Waals surface area contributed by atoms with Gasteiger partial charge in [0.25, 0.3) is 0 Å². The highest BCUT2D eigenvalue weighted by molar-refractivity contribution is 6.05. The van der Waals surface area contributed by atoms with Crippen LogP contribution >= 0.6 is 0 Å². The van der Waals surface area contributed by atoms with Crippen molar-refractivity contribution < 1.29 is 0 Å². The molecule has 1 heteroatoms. The average molecular weight is 347 g/mol. The summed E-state index contributed by atoms with van der Waals surface area (Å²) in [6, 6.07) is 30.0. The molecule has 0 spiro atoms. The van der Waals surface area contributed by atoms with E-state index in [0.29, 0.717) is 5.92 Å². The highest BCUT2D eigenvalue weighted by Crippen LogP contribution is 2.41. The molecule has 0 saturated carbocycles. The summed E-state index contributed by atoms with van der Waals surface area (Å²) in [5, 5.41) is 0. The van der Waals surface area contributed by atoms with Crippen LogP contribution in [0.4, 0.5) is 0 Å². The molecule has 27 heavy (non-hydrogen) atoms. The van der Waals surface area contributed by atoms with Crippen molar-refractivity contribution in [2.24, 2.45) is 10.9 Å². The quantitative estimate of drug-likeness (QED) is 0.517. The highest BCUT2D eigenvalue weighted by Gasteiger charge is 2.25. The average Bonchev–Trinajstić information content (AvgIpc) is 2.95. The first-order valence-electron chi connectivity index (χ1n) is 9.59. The van der Waals surface area contributed by atoms with E-state index in [4.69, 9.17) is 4.99 Å². The smallest absolute Gasteiger partial charge is 0.0776 e. The van der Waals surface area contributed by atoms with Crippen LogP contribution in [0.2, 0.25) is 0 Å². The molecule has 1 aliphatic carbocycles. The molecule has 3 aromatic rings. The summed E-state index contributed by atoms with van der Waals surface area (Å²) in [5.74, 6) is 0.375. The van der Waals surface area contributed by atoms with Crippen LogP contribution in [0.15, 0.2) is 96.0 Å². The van der Waals surface area contributed by atoms with Crippen molar-refractivity contribution in [3.05, 3.63) is 113 Å². The Balaban J connectivity index is 1.77. The number of rotatable bonds is 2. The van der Waals surface area contributed by atoms with Crippen LogP contribution in [0.5, 0.6) is 0 Å². The summed E-state index contributed by atoms with van der Waals surface area (Å²) in [5.41, 5.74) is 8.85. The van der Waals surface area contributed by atoms with Gasteiger partial charge in [0.05, 0.1) is 5.70 Å². The van der Waals surface area contributed by atoms with Crippen molar-refractivity contribution in [1.29, 1.82) is 0 Å². The molecule has 0 bridgehead atoms. The van der Waals surface area contributed by atoms with E-state index in [9.17, 15) is 0 Å². The Hall–Kier alpha value is -3.19. The van der Waals surface area contributed by atoms with E-state index in [1.54, 1.807) is 0 Å². The molecular formula is C26H21N. The topological polar surface area (TPSA) is 12.4 Å². The molecule has 130 valence electrons. The van der Waals surface area contributed by atoms with Gasteiger partial charge in [0.1, 0.15) is 0 Å². The first-order valence-corrected chi connectivity index (χ1v) is 9.59. The van der Waals surface area contributed by atoms with Gasteiger partial charge in [0, 0.05) is 23.3 Å². The fraction of sp³-hybridized carbons (Fsp3) is 0.115. The summed E-state index contributed by atoms with van der Waals surface area (Å²) in [6.07, 6.45) is 6.79. The maximum absolute atomic E-state index is 5.01. The van der Waals surface area contributed by atoms with Crippen molar-refractivity contribution in [1.82, 2.24) is 0 Å². The zero-order chi connectivity index (χ0) is 18.1. The van der Waals surface area contributed by atoms with Gasteiger partial charge >= 0.3 is 0 Å². The molecule has 0 fully saturated rings. The molecular weight excluding hydrogens is 326 g/mol. The molecule has 0 unspecified atom stereocenters. The third kappa shape index (κ3) is 2.96. The number of aryl methyl sites for hydroxylation is 1. The number of allylic oxidation sites excluding steroid dienone is 3. The lowest BCUT2D eigenvalue weighted by molar-refractivity contribution is 0.739. The molecule has 3 aromatic carbocycles. The van der Waals surface area contributed by atoms with Crippen LogP contribution in [0.3, 0.4) is 0 Å². The first kappa shape index (κ1) is 16.0. The second-order valence-corrected chi connectivity index (χ2v) is 7.17. The van der Waals surface area contributed by atoms with Crippen molar-refractivity contribution in [2.75, 3.05) is 0 Å². The molecule has 0 amide bonds. The minimum Gasteiger partial charge on any atom is -0.259 e. The Kier molecular flexibility index (Phi) is 4.06. The molecule has 1 heterocycles. The second-order valence-electron chi connectivity index (χ2n) is 7.17. The predicted octanol–water partition coefficient (Wildman–Crippen LogP) is 6.29.